The Morgan fingerprint density at radius 2 is 1.48 bits per heavy atom. The Bertz CT molecular complexity index is 1080. The third-order valence-corrected chi connectivity index (χ3v) is 4.39. The SMILES string of the molecule is OC[C@@H](O)[C@H](O)[C@@H](O)c1nn(-c2ccccc2)c2nc3ccccc3nc12. The minimum Gasteiger partial charge on any atom is -0.394 e. The summed E-state index contributed by atoms with van der Waals surface area (Å²) in [5, 5.41) is 43.9. The van der Waals surface area contributed by atoms with Gasteiger partial charge in [0.25, 0.3) is 0 Å². The molecular weight excluding hydrogens is 348 g/mol. The van der Waals surface area contributed by atoms with E-state index in [-0.39, 0.29) is 5.69 Å². The number of hydrogen-bond acceptors (Lipinski definition) is 7. The van der Waals surface area contributed by atoms with E-state index in [0.29, 0.717) is 27.9 Å². The van der Waals surface area contributed by atoms with Gasteiger partial charge in [-0.25, -0.2) is 14.6 Å². The van der Waals surface area contributed by atoms with Crippen molar-refractivity contribution in [3.63, 3.8) is 0 Å². The van der Waals surface area contributed by atoms with E-state index in [1.165, 1.54) is 4.68 Å². The Kier molecular flexibility index (Phi) is 4.54. The van der Waals surface area contributed by atoms with Crippen LogP contribution in [0.1, 0.15) is 11.8 Å². The Labute approximate surface area is 154 Å². The molecule has 0 spiro atoms. The smallest absolute Gasteiger partial charge is 0.182 e. The Balaban J connectivity index is 1.97. The number of aliphatic hydroxyl groups is 4. The first kappa shape index (κ1) is 17.5. The standard InChI is InChI=1S/C19H18N4O4/c24-10-14(25)17(26)18(27)15-16-19(21-13-9-5-4-8-12(13)20-16)23(22-15)11-6-2-1-3-7-11/h1-9,14,17-18,24-27H,10H2/t14-,17+,18+/m1/s1. The zero-order valence-electron chi connectivity index (χ0n) is 14.2. The van der Waals surface area contributed by atoms with Gasteiger partial charge in [0.1, 0.15) is 29.5 Å². The number of nitrogens with zero attached hydrogens (tertiary/aromatic N) is 4. The van der Waals surface area contributed by atoms with Gasteiger partial charge >= 0.3 is 0 Å². The normalized spacial score (nSPS) is 15.1. The summed E-state index contributed by atoms with van der Waals surface area (Å²) < 4.78 is 1.53. The van der Waals surface area contributed by atoms with E-state index in [9.17, 15) is 15.3 Å². The lowest BCUT2D eigenvalue weighted by Crippen LogP contribution is -2.35. The van der Waals surface area contributed by atoms with Gasteiger partial charge in [0, 0.05) is 0 Å². The van der Waals surface area contributed by atoms with Gasteiger partial charge in [-0.05, 0) is 24.3 Å². The van der Waals surface area contributed by atoms with Crippen molar-refractivity contribution >= 4 is 22.2 Å². The molecular formula is C19H18N4O4. The van der Waals surface area contributed by atoms with Crippen LogP contribution in [0.25, 0.3) is 27.9 Å². The first-order chi connectivity index (χ1) is 13.1. The fraction of sp³-hybridized carbons (Fsp3) is 0.211. The fourth-order valence-corrected chi connectivity index (χ4v) is 2.94. The molecule has 0 aliphatic heterocycles. The number of hydrogen-bond donors (Lipinski definition) is 4. The van der Waals surface area contributed by atoms with Crippen molar-refractivity contribution in [2.75, 3.05) is 6.61 Å². The molecule has 0 amide bonds. The number of aliphatic hydroxyl groups excluding tert-OH is 4. The highest BCUT2D eigenvalue weighted by Gasteiger charge is 2.31. The Morgan fingerprint density at radius 1 is 0.852 bits per heavy atom. The molecule has 0 aliphatic carbocycles. The number of fused-ring (bicyclic) bond motifs is 2. The van der Waals surface area contributed by atoms with Crippen LogP contribution in [0, 0.1) is 0 Å². The van der Waals surface area contributed by atoms with Gasteiger partial charge in [0.2, 0.25) is 0 Å². The van der Waals surface area contributed by atoms with E-state index in [1.54, 1.807) is 6.07 Å². The summed E-state index contributed by atoms with van der Waals surface area (Å²) in [6.45, 7) is -0.690. The van der Waals surface area contributed by atoms with Crippen molar-refractivity contribution in [2.45, 2.75) is 18.3 Å². The van der Waals surface area contributed by atoms with Crippen molar-refractivity contribution in [1.82, 2.24) is 19.7 Å². The second kappa shape index (κ2) is 7.01. The molecule has 8 heteroatoms. The fourth-order valence-electron chi connectivity index (χ4n) is 2.94. The molecule has 2 aromatic carbocycles. The molecule has 0 bridgehead atoms. The van der Waals surface area contributed by atoms with Gasteiger partial charge in [-0.15, -0.1) is 0 Å². The molecule has 0 aliphatic rings. The first-order valence-corrected chi connectivity index (χ1v) is 8.46. The summed E-state index contributed by atoms with van der Waals surface area (Å²) in [4.78, 5) is 9.17. The van der Waals surface area contributed by atoms with E-state index in [4.69, 9.17) is 5.11 Å². The molecule has 0 saturated carbocycles. The van der Waals surface area contributed by atoms with Crippen LogP contribution < -0.4 is 0 Å². The zero-order valence-corrected chi connectivity index (χ0v) is 14.2. The maximum atomic E-state index is 10.6. The monoisotopic (exact) mass is 366 g/mol. The number of rotatable bonds is 5. The van der Waals surface area contributed by atoms with Gasteiger partial charge in [-0.1, -0.05) is 30.3 Å². The van der Waals surface area contributed by atoms with E-state index >= 15 is 0 Å². The topological polar surface area (TPSA) is 125 Å². The first-order valence-electron chi connectivity index (χ1n) is 8.46. The average molecular weight is 366 g/mol. The maximum Gasteiger partial charge on any atom is 0.182 e. The summed E-state index contributed by atoms with van der Waals surface area (Å²) in [5.74, 6) is 0. The van der Waals surface area contributed by atoms with Crippen molar-refractivity contribution in [2.24, 2.45) is 0 Å². The number of benzene rings is 2. The molecule has 4 aromatic rings. The van der Waals surface area contributed by atoms with Gasteiger partial charge in [0.05, 0.1) is 23.3 Å². The quantitative estimate of drug-likeness (QED) is 0.410. The lowest BCUT2D eigenvalue weighted by molar-refractivity contribution is -0.0786. The predicted molar refractivity (Wildman–Crippen MR) is 98.2 cm³/mol. The number of para-hydroxylation sites is 3. The molecule has 0 saturated heterocycles. The lowest BCUT2D eigenvalue weighted by atomic mass is 10.1. The van der Waals surface area contributed by atoms with Crippen LogP contribution in [-0.4, -0.2) is 59.0 Å². The second-order valence-electron chi connectivity index (χ2n) is 6.20. The van der Waals surface area contributed by atoms with E-state index in [1.807, 2.05) is 48.5 Å². The molecule has 2 aromatic heterocycles. The Morgan fingerprint density at radius 3 is 2.15 bits per heavy atom. The van der Waals surface area contributed by atoms with Crippen molar-refractivity contribution < 1.29 is 20.4 Å². The lowest BCUT2D eigenvalue weighted by Gasteiger charge is -2.19. The molecule has 3 atom stereocenters. The number of aromatic nitrogens is 4. The van der Waals surface area contributed by atoms with Gasteiger partial charge in [0.15, 0.2) is 5.65 Å². The molecule has 27 heavy (non-hydrogen) atoms. The van der Waals surface area contributed by atoms with Gasteiger partial charge < -0.3 is 20.4 Å². The third kappa shape index (κ3) is 3.04. The summed E-state index contributed by atoms with van der Waals surface area (Å²) in [6, 6.07) is 16.5. The second-order valence-corrected chi connectivity index (χ2v) is 6.20. The predicted octanol–water partition coefficient (Wildman–Crippen LogP) is 0.716. The summed E-state index contributed by atoms with van der Waals surface area (Å²) in [6.07, 6.45) is -4.67. The van der Waals surface area contributed by atoms with Gasteiger partial charge in [-0.2, -0.15) is 5.10 Å². The molecule has 4 rings (SSSR count). The minimum atomic E-state index is -1.62. The molecule has 138 valence electrons. The van der Waals surface area contributed by atoms with Crippen molar-refractivity contribution in [3.05, 3.63) is 60.3 Å². The highest BCUT2D eigenvalue weighted by molar-refractivity contribution is 5.86. The van der Waals surface area contributed by atoms with Crippen LogP contribution >= 0.6 is 0 Å². The van der Waals surface area contributed by atoms with Crippen LogP contribution in [0.5, 0.6) is 0 Å². The average Bonchev–Trinajstić information content (AvgIpc) is 3.09. The molecule has 0 radical (unpaired) electrons. The van der Waals surface area contributed by atoms with Crippen LogP contribution in [0.15, 0.2) is 54.6 Å². The van der Waals surface area contributed by atoms with Gasteiger partial charge in [-0.3, -0.25) is 0 Å². The van der Waals surface area contributed by atoms with E-state index in [2.05, 4.69) is 15.1 Å². The highest BCUT2D eigenvalue weighted by atomic mass is 16.4. The van der Waals surface area contributed by atoms with E-state index in [0.717, 1.165) is 0 Å². The largest absolute Gasteiger partial charge is 0.394 e. The summed E-state index contributed by atoms with van der Waals surface area (Å²) >= 11 is 0. The van der Waals surface area contributed by atoms with Crippen LogP contribution in [0.2, 0.25) is 0 Å². The molecule has 8 nitrogen and oxygen atoms in total. The maximum absolute atomic E-state index is 10.6. The van der Waals surface area contributed by atoms with Crippen LogP contribution in [0.3, 0.4) is 0 Å². The van der Waals surface area contributed by atoms with Crippen LogP contribution in [0.4, 0.5) is 0 Å². The summed E-state index contributed by atoms with van der Waals surface area (Å²) in [5.41, 5.74) is 2.80. The summed E-state index contributed by atoms with van der Waals surface area (Å²) in [7, 11) is 0. The Hall–Kier alpha value is -2.91. The zero-order chi connectivity index (χ0) is 19.0. The third-order valence-electron chi connectivity index (χ3n) is 4.39. The molecule has 0 unspecified atom stereocenters. The molecule has 2 heterocycles. The molecule has 0 fully saturated rings. The molecule has 4 N–H and O–H groups in total. The van der Waals surface area contributed by atoms with E-state index < -0.39 is 24.9 Å². The van der Waals surface area contributed by atoms with Crippen molar-refractivity contribution in [3.8, 4) is 5.69 Å². The highest BCUT2D eigenvalue weighted by Crippen LogP contribution is 2.28. The van der Waals surface area contributed by atoms with Crippen molar-refractivity contribution in [1.29, 1.82) is 0 Å². The minimum absolute atomic E-state index is 0.0760. The van der Waals surface area contributed by atoms with Crippen LogP contribution in [-0.2, 0) is 0 Å².